The van der Waals surface area contributed by atoms with Crippen molar-refractivity contribution < 1.29 is 17.9 Å². The lowest BCUT2D eigenvalue weighted by Crippen LogP contribution is -2.29. The Labute approximate surface area is 196 Å². The van der Waals surface area contributed by atoms with E-state index in [2.05, 4.69) is 6.58 Å². The maximum Gasteiger partial charge on any atom is 0.331 e. The highest BCUT2D eigenvalue weighted by Crippen LogP contribution is 2.44. The number of sulfonamides is 1. The summed E-state index contributed by atoms with van der Waals surface area (Å²) in [4.78, 5) is 12.7. The number of benzene rings is 2. The summed E-state index contributed by atoms with van der Waals surface area (Å²) in [5.41, 5.74) is 5.78. The number of esters is 1. The summed E-state index contributed by atoms with van der Waals surface area (Å²) < 4.78 is 33.6. The van der Waals surface area contributed by atoms with E-state index in [1.54, 1.807) is 29.4 Å². The van der Waals surface area contributed by atoms with E-state index in [1.807, 2.05) is 49.4 Å². The highest BCUT2D eigenvalue weighted by atomic mass is 32.2. The van der Waals surface area contributed by atoms with Gasteiger partial charge in [-0.3, -0.25) is 0 Å². The molecule has 2 aromatic carbocycles. The lowest BCUT2D eigenvalue weighted by atomic mass is 9.88. The summed E-state index contributed by atoms with van der Waals surface area (Å²) in [5.74, 6) is -0.471. The molecule has 5 nitrogen and oxygen atoms in total. The zero-order chi connectivity index (χ0) is 23.6. The quantitative estimate of drug-likeness (QED) is 0.359. The van der Waals surface area contributed by atoms with Gasteiger partial charge in [-0.05, 0) is 61.1 Å². The number of allylic oxidation sites excluding steroid dienone is 2. The van der Waals surface area contributed by atoms with Crippen LogP contribution in [0.25, 0.3) is 5.57 Å². The Balaban J connectivity index is 1.83. The molecule has 0 amide bonds. The van der Waals surface area contributed by atoms with Crippen LogP contribution in [0.1, 0.15) is 30.9 Å². The van der Waals surface area contributed by atoms with Gasteiger partial charge in [-0.15, -0.1) is 0 Å². The smallest absolute Gasteiger partial charge is 0.331 e. The van der Waals surface area contributed by atoms with Gasteiger partial charge in [-0.25, -0.2) is 13.2 Å². The van der Waals surface area contributed by atoms with Crippen molar-refractivity contribution in [1.82, 2.24) is 4.31 Å². The van der Waals surface area contributed by atoms with Gasteiger partial charge in [0.1, 0.15) is 0 Å². The molecule has 0 unspecified atom stereocenters. The van der Waals surface area contributed by atoms with Gasteiger partial charge in [0, 0.05) is 25.1 Å². The molecule has 1 atom stereocenters. The molecule has 0 N–H and O–H groups in total. The zero-order valence-corrected chi connectivity index (χ0v) is 19.9. The third kappa shape index (κ3) is 4.72. The second-order valence-corrected chi connectivity index (χ2v) is 10.4. The minimum absolute atomic E-state index is 0.0893. The Bertz CT molecular complexity index is 1220. The van der Waals surface area contributed by atoms with Crippen molar-refractivity contribution in [3.05, 3.63) is 95.1 Å². The van der Waals surface area contributed by atoms with Crippen molar-refractivity contribution in [1.29, 1.82) is 0 Å². The summed E-state index contributed by atoms with van der Waals surface area (Å²) in [6, 6.07) is 16.8. The summed E-state index contributed by atoms with van der Waals surface area (Å²) in [6.45, 7) is 8.94. The van der Waals surface area contributed by atoms with Crippen LogP contribution in [0, 0.1) is 12.8 Å². The van der Waals surface area contributed by atoms with Crippen molar-refractivity contribution in [3.8, 4) is 0 Å². The molecule has 1 fully saturated rings. The Morgan fingerprint density at radius 2 is 1.82 bits per heavy atom. The first-order chi connectivity index (χ1) is 15.8. The lowest BCUT2D eigenvalue weighted by molar-refractivity contribution is -0.137. The molecule has 0 saturated carbocycles. The van der Waals surface area contributed by atoms with Gasteiger partial charge in [0.25, 0.3) is 0 Å². The van der Waals surface area contributed by atoms with Crippen LogP contribution in [0.4, 0.5) is 0 Å². The first-order valence-corrected chi connectivity index (χ1v) is 12.7. The predicted molar refractivity (Wildman–Crippen MR) is 130 cm³/mol. The van der Waals surface area contributed by atoms with Gasteiger partial charge in [-0.1, -0.05) is 60.2 Å². The van der Waals surface area contributed by atoms with Gasteiger partial charge < -0.3 is 4.74 Å². The fraction of sp³-hybridized carbons (Fsp3) is 0.296. The number of fused-ring (bicyclic) bond motifs is 1. The Kier molecular flexibility index (Phi) is 6.68. The highest BCUT2D eigenvalue weighted by molar-refractivity contribution is 7.89. The summed E-state index contributed by atoms with van der Waals surface area (Å²) in [5, 5.41) is 0. The van der Waals surface area contributed by atoms with Crippen LogP contribution in [0.5, 0.6) is 0 Å². The molecule has 172 valence electrons. The van der Waals surface area contributed by atoms with E-state index >= 15 is 0 Å². The molecule has 2 aromatic rings. The Hall–Kier alpha value is -2.96. The second kappa shape index (κ2) is 9.49. The number of hydrogen-bond acceptors (Lipinski definition) is 4. The zero-order valence-electron chi connectivity index (χ0n) is 19.1. The number of rotatable bonds is 5. The largest absolute Gasteiger partial charge is 0.463 e. The van der Waals surface area contributed by atoms with E-state index < -0.39 is 10.0 Å². The van der Waals surface area contributed by atoms with Crippen LogP contribution in [-0.2, 0) is 19.6 Å². The number of nitrogens with zero attached hydrogens (tertiary/aromatic N) is 1. The molecular weight excluding hydrogens is 434 g/mol. The van der Waals surface area contributed by atoms with Crippen LogP contribution in [0.2, 0.25) is 0 Å². The maximum atomic E-state index is 13.5. The van der Waals surface area contributed by atoms with Crippen LogP contribution >= 0.6 is 0 Å². The molecular formula is C27H29NO4S. The molecule has 0 spiro atoms. The fourth-order valence-electron chi connectivity index (χ4n) is 4.60. The van der Waals surface area contributed by atoms with Crippen LogP contribution in [0.3, 0.4) is 0 Å². The molecule has 0 bridgehead atoms. The molecule has 1 aliphatic heterocycles. The van der Waals surface area contributed by atoms with Crippen LogP contribution in [-0.4, -0.2) is 38.4 Å². The van der Waals surface area contributed by atoms with Crippen LogP contribution < -0.4 is 0 Å². The molecule has 1 saturated heterocycles. The van der Waals surface area contributed by atoms with E-state index in [1.165, 1.54) is 0 Å². The highest BCUT2D eigenvalue weighted by Gasteiger charge is 2.40. The standard InChI is InChI=1S/C27H29NO4S/c1-4-32-26(29)16-22-13-12-20(3)24-17-28(33(30,31)23-14-10-19(2)11-15-23)18-25(24)27(22)21-8-6-5-7-9-21/h5-11,14-16,24H,3-4,12-13,17-18H2,1-2H3/b22-16+/t24-/m1/s1. The summed E-state index contributed by atoms with van der Waals surface area (Å²) in [6.07, 6.45) is 2.91. The summed E-state index contributed by atoms with van der Waals surface area (Å²) >= 11 is 0. The molecule has 1 aliphatic carbocycles. The minimum atomic E-state index is -3.66. The fourth-order valence-corrected chi connectivity index (χ4v) is 6.03. The average Bonchev–Trinajstić information content (AvgIpc) is 3.20. The SMILES string of the molecule is C=C1CC/C(=C\C(=O)OCC)C(c2ccccc2)=C2CN(S(=O)(=O)c3ccc(C)cc3)C[C@H]12. The first kappa shape index (κ1) is 23.2. The summed E-state index contributed by atoms with van der Waals surface area (Å²) in [7, 11) is -3.66. The number of carbonyl (C=O) groups excluding carboxylic acids is 1. The number of aryl methyl sites for hydroxylation is 1. The maximum absolute atomic E-state index is 13.5. The second-order valence-electron chi connectivity index (χ2n) is 8.51. The van der Waals surface area contributed by atoms with Crippen molar-refractivity contribution >= 4 is 21.6 Å². The molecule has 6 heteroatoms. The monoisotopic (exact) mass is 463 g/mol. The normalized spacial score (nSPS) is 20.6. The molecule has 4 rings (SSSR count). The average molecular weight is 464 g/mol. The third-order valence-electron chi connectivity index (χ3n) is 6.30. The number of carbonyl (C=O) groups is 1. The van der Waals surface area contributed by atoms with E-state index in [0.717, 1.165) is 33.4 Å². The van der Waals surface area contributed by atoms with Gasteiger partial charge in [0.05, 0.1) is 11.5 Å². The number of hydrogen-bond donors (Lipinski definition) is 0. The minimum Gasteiger partial charge on any atom is -0.463 e. The van der Waals surface area contributed by atoms with Gasteiger partial charge >= 0.3 is 5.97 Å². The van der Waals surface area contributed by atoms with Gasteiger partial charge in [-0.2, -0.15) is 4.31 Å². The van der Waals surface area contributed by atoms with E-state index in [0.29, 0.717) is 30.9 Å². The molecule has 1 heterocycles. The van der Waals surface area contributed by atoms with E-state index in [4.69, 9.17) is 4.74 Å². The lowest BCUT2D eigenvalue weighted by Gasteiger charge is -2.18. The predicted octanol–water partition coefficient (Wildman–Crippen LogP) is 4.91. The van der Waals surface area contributed by atoms with Crippen molar-refractivity contribution in [2.75, 3.05) is 19.7 Å². The van der Waals surface area contributed by atoms with Gasteiger partial charge in [0.2, 0.25) is 10.0 Å². The van der Waals surface area contributed by atoms with Crippen LogP contribution in [0.15, 0.2) is 88.9 Å². The van der Waals surface area contributed by atoms with Crippen molar-refractivity contribution in [2.45, 2.75) is 31.6 Å². The molecule has 0 aromatic heterocycles. The van der Waals surface area contributed by atoms with Crippen molar-refractivity contribution in [2.24, 2.45) is 5.92 Å². The molecule has 2 aliphatic rings. The van der Waals surface area contributed by atoms with E-state index in [9.17, 15) is 13.2 Å². The topological polar surface area (TPSA) is 63.7 Å². The first-order valence-electron chi connectivity index (χ1n) is 11.2. The van der Waals surface area contributed by atoms with Gasteiger partial charge in [0.15, 0.2) is 0 Å². The van der Waals surface area contributed by atoms with Crippen molar-refractivity contribution in [3.63, 3.8) is 0 Å². The molecule has 33 heavy (non-hydrogen) atoms. The molecule has 0 radical (unpaired) electrons. The number of ether oxygens (including phenoxy) is 1. The van der Waals surface area contributed by atoms with E-state index in [-0.39, 0.29) is 18.4 Å². The third-order valence-corrected chi connectivity index (χ3v) is 8.13. The Morgan fingerprint density at radius 1 is 1.12 bits per heavy atom. The Morgan fingerprint density at radius 3 is 2.48 bits per heavy atom.